The minimum absolute atomic E-state index is 0.0281. The second-order valence-corrected chi connectivity index (χ2v) is 6.51. The molecule has 0 spiro atoms. The van der Waals surface area contributed by atoms with Gasteiger partial charge in [0.1, 0.15) is 11.9 Å². The van der Waals surface area contributed by atoms with Gasteiger partial charge in [-0.3, -0.25) is 9.69 Å². The zero-order valence-electron chi connectivity index (χ0n) is 13.9. The highest BCUT2D eigenvalue weighted by Crippen LogP contribution is 2.36. The Morgan fingerprint density at radius 3 is 2.48 bits per heavy atom. The standard InChI is InChI=1S/C20H22FNO3/c21-18-9-5-4-8-17(18)19(20(24)25)22-11-10-16(15(12-22)13-23)14-6-2-1-3-7-14/h1-9,15-16,19,23H,10-13H2,(H,24,25)/t15-,16+,19?/m0/s1. The number of piperidine rings is 1. The summed E-state index contributed by atoms with van der Waals surface area (Å²) in [6, 6.07) is 14.9. The maximum absolute atomic E-state index is 14.1. The molecule has 1 aliphatic rings. The van der Waals surface area contributed by atoms with Crippen LogP contribution in [-0.2, 0) is 4.79 Å². The molecule has 132 valence electrons. The number of hydrogen-bond donors (Lipinski definition) is 2. The summed E-state index contributed by atoms with van der Waals surface area (Å²) < 4.78 is 14.1. The number of aliphatic hydroxyl groups is 1. The van der Waals surface area contributed by atoms with Gasteiger partial charge in [0.2, 0.25) is 0 Å². The summed E-state index contributed by atoms with van der Waals surface area (Å²) in [5, 5.41) is 19.5. The Morgan fingerprint density at radius 1 is 1.16 bits per heavy atom. The lowest BCUT2D eigenvalue weighted by molar-refractivity contribution is -0.144. The van der Waals surface area contributed by atoms with Crippen LogP contribution in [0.1, 0.15) is 29.5 Å². The largest absolute Gasteiger partial charge is 0.480 e. The molecule has 2 aromatic rings. The summed E-state index contributed by atoms with van der Waals surface area (Å²) >= 11 is 0. The Kier molecular flexibility index (Phi) is 5.46. The minimum atomic E-state index is -1.07. The van der Waals surface area contributed by atoms with Crippen molar-refractivity contribution in [2.45, 2.75) is 18.4 Å². The lowest BCUT2D eigenvalue weighted by atomic mass is 9.80. The van der Waals surface area contributed by atoms with Gasteiger partial charge in [0.25, 0.3) is 0 Å². The fourth-order valence-corrected chi connectivity index (χ4v) is 3.80. The highest BCUT2D eigenvalue weighted by Gasteiger charge is 2.37. The number of hydrogen-bond acceptors (Lipinski definition) is 3. The number of aliphatic carboxylic acids is 1. The fourth-order valence-electron chi connectivity index (χ4n) is 3.80. The van der Waals surface area contributed by atoms with E-state index in [1.807, 2.05) is 30.3 Å². The van der Waals surface area contributed by atoms with E-state index in [0.717, 1.165) is 12.0 Å². The van der Waals surface area contributed by atoms with E-state index in [1.165, 1.54) is 12.1 Å². The van der Waals surface area contributed by atoms with Gasteiger partial charge >= 0.3 is 5.97 Å². The van der Waals surface area contributed by atoms with Crippen LogP contribution in [0.25, 0.3) is 0 Å². The van der Waals surface area contributed by atoms with E-state index in [-0.39, 0.29) is 24.0 Å². The zero-order chi connectivity index (χ0) is 17.8. The molecule has 3 rings (SSSR count). The van der Waals surface area contributed by atoms with E-state index in [1.54, 1.807) is 17.0 Å². The summed E-state index contributed by atoms with van der Waals surface area (Å²) in [6.07, 6.45) is 0.730. The second kappa shape index (κ2) is 7.76. The van der Waals surface area contributed by atoms with Crippen molar-refractivity contribution in [2.75, 3.05) is 19.7 Å². The molecular weight excluding hydrogens is 321 g/mol. The molecule has 1 fully saturated rings. The average Bonchev–Trinajstić information content (AvgIpc) is 2.64. The van der Waals surface area contributed by atoms with Crippen molar-refractivity contribution in [2.24, 2.45) is 5.92 Å². The monoisotopic (exact) mass is 343 g/mol. The Bertz CT molecular complexity index is 722. The smallest absolute Gasteiger partial charge is 0.325 e. The Hall–Kier alpha value is -2.24. The van der Waals surface area contributed by atoms with E-state index in [0.29, 0.717) is 13.1 Å². The number of carbonyl (C=O) groups is 1. The van der Waals surface area contributed by atoms with Gasteiger partial charge in [-0.1, -0.05) is 48.5 Å². The first-order chi connectivity index (χ1) is 12.1. The number of aliphatic hydroxyl groups excluding tert-OH is 1. The SMILES string of the molecule is O=C(O)C(c1ccccc1F)N1CC[C@H](c2ccccc2)[C@H](CO)C1. The second-order valence-electron chi connectivity index (χ2n) is 6.51. The number of likely N-dealkylation sites (tertiary alicyclic amines) is 1. The first kappa shape index (κ1) is 17.6. The lowest BCUT2D eigenvalue weighted by Crippen LogP contribution is -2.45. The summed E-state index contributed by atoms with van der Waals surface area (Å²) in [5.41, 5.74) is 1.32. The van der Waals surface area contributed by atoms with Gasteiger partial charge < -0.3 is 10.2 Å². The molecule has 0 saturated carbocycles. The van der Waals surface area contributed by atoms with Crippen LogP contribution in [0.2, 0.25) is 0 Å². The van der Waals surface area contributed by atoms with Crippen LogP contribution >= 0.6 is 0 Å². The number of halogens is 1. The van der Waals surface area contributed by atoms with Crippen molar-refractivity contribution in [1.82, 2.24) is 4.90 Å². The van der Waals surface area contributed by atoms with Gasteiger partial charge in [-0.25, -0.2) is 4.39 Å². The van der Waals surface area contributed by atoms with Gasteiger partial charge in [-0.2, -0.15) is 0 Å². The topological polar surface area (TPSA) is 60.8 Å². The first-order valence-electron chi connectivity index (χ1n) is 8.49. The van der Waals surface area contributed by atoms with E-state index < -0.39 is 17.8 Å². The van der Waals surface area contributed by atoms with E-state index in [9.17, 15) is 19.4 Å². The molecule has 5 heteroatoms. The van der Waals surface area contributed by atoms with E-state index in [2.05, 4.69) is 0 Å². The maximum atomic E-state index is 14.1. The molecule has 2 N–H and O–H groups in total. The Balaban J connectivity index is 1.84. The third-order valence-electron chi connectivity index (χ3n) is 5.03. The van der Waals surface area contributed by atoms with Crippen LogP contribution < -0.4 is 0 Å². The zero-order valence-corrected chi connectivity index (χ0v) is 13.9. The van der Waals surface area contributed by atoms with Crippen LogP contribution in [0, 0.1) is 11.7 Å². The summed E-state index contributed by atoms with van der Waals surface area (Å²) in [6.45, 7) is 0.933. The lowest BCUT2D eigenvalue weighted by Gasteiger charge is -2.40. The van der Waals surface area contributed by atoms with Gasteiger partial charge in [-0.15, -0.1) is 0 Å². The van der Waals surface area contributed by atoms with Crippen LogP contribution in [0.15, 0.2) is 54.6 Å². The molecule has 2 aromatic carbocycles. The van der Waals surface area contributed by atoms with Gasteiger partial charge in [0.15, 0.2) is 0 Å². The normalized spacial score (nSPS) is 22.5. The van der Waals surface area contributed by atoms with Crippen molar-refractivity contribution < 1.29 is 19.4 Å². The third kappa shape index (κ3) is 3.72. The molecule has 0 aliphatic carbocycles. The minimum Gasteiger partial charge on any atom is -0.480 e. The van der Waals surface area contributed by atoms with Crippen molar-refractivity contribution in [3.05, 3.63) is 71.5 Å². The number of carboxylic acid groups (broad SMARTS) is 1. The van der Waals surface area contributed by atoms with Crippen molar-refractivity contribution in [3.63, 3.8) is 0 Å². The number of carboxylic acids is 1. The van der Waals surface area contributed by atoms with E-state index >= 15 is 0 Å². The summed E-state index contributed by atoms with van der Waals surface area (Å²) in [4.78, 5) is 13.6. The number of rotatable bonds is 5. The van der Waals surface area contributed by atoms with Gasteiger partial charge in [0, 0.05) is 24.6 Å². The molecular formula is C20H22FNO3. The third-order valence-corrected chi connectivity index (χ3v) is 5.03. The predicted molar refractivity (Wildman–Crippen MR) is 92.7 cm³/mol. The molecule has 25 heavy (non-hydrogen) atoms. The van der Waals surface area contributed by atoms with Crippen LogP contribution in [0.3, 0.4) is 0 Å². The van der Waals surface area contributed by atoms with Crippen LogP contribution in [0.4, 0.5) is 4.39 Å². The maximum Gasteiger partial charge on any atom is 0.325 e. The fraction of sp³-hybridized carbons (Fsp3) is 0.350. The summed E-state index contributed by atoms with van der Waals surface area (Å²) in [5.74, 6) is -1.48. The molecule has 0 radical (unpaired) electrons. The number of nitrogens with zero attached hydrogens (tertiary/aromatic N) is 1. The first-order valence-corrected chi connectivity index (χ1v) is 8.49. The molecule has 1 unspecified atom stereocenters. The highest BCUT2D eigenvalue weighted by molar-refractivity contribution is 5.75. The molecule has 4 nitrogen and oxygen atoms in total. The number of benzene rings is 2. The molecule has 3 atom stereocenters. The predicted octanol–water partition coefficient (Wildman–Crippen LogP) is 3.05. The molecule has 0 aromatic heterocycles. The molecule has 1 aliphatic heterocycles. The van der Waals surface area contributed by atoms with Gasteiger partial charge in [-0.05, 0) is 30.5 Å². The van der Waals surface area contributed by atoms with Crippen LogP contribution in [-0.4, -0.2) is 40.8 Å². The molecule has 0 bridgehead atoms. The van der Waals surface area contributed by atoms with Gasteiger partial charge in [0.05, 0.1) is 0 Å². The molecule has 1 heterocycles. The van der Waals surface area contributed by atoms with E-state index in [4.69, 9.17) is 0 Å². The van der Waals surface area contributed by atoms with Crippen molar-refractivity contribution in [3.8, 4) is 0 Å². The van der Waals surface area contributed by atoms with Crippen molar-refractivity contribution in [1.29, 1.82) is 0 Å². The molecule has 1 saturated heterocycles. The average molecular weight is 343 g/mol. The Labute approximate surface area is 146 Å². The molecule has 0 amide bonds. The van der Waals surface area contributed by atoms with Crippen molar-refractivity contribution >= 4 is 5.97 Å². The van der Waals surface area contributed by atoms with Crippen LogP contribution in [0.5, 0.6) is 0 Å². The summed E-state index contributed by atoms with van der Waals surface area (Å²) in [7, 11) is 0. The Morgan fingerprint density at radius 2 is 1.84 bits per heavy atom. The quantitative estimate of drug-likeness (QED) is 0.876. The highest BCUT2D eigenvalue weighted by atomic mass is 19.1.